The zero-order valence-electron chi connectivity index (χ0n) is 9.42. The molecule has 0 amide bonds. The van der Waals surface area contributed by atoms with E-state index in [0.717, 1.165) is 17.7 Å². The van der Waals surface area contributed by atoms with Gasteiger partial charge in [0.2, 0.25) is 0 Å². The summed E-state index contributed by atoms with van der Waals surface area (Å²) in [6.45, 7) is 3.21. The largest absolute Gasteiger partial charge is 0.416 e. The van der Waals surface area contributed by atoms with Gasteiger partial charge in [0, 0.05) is 12.6 Å². The molecule has 2 rings (SSSR count). The Labute approximate surface area is 97.8 Å². The molecule has 0 aromatic heterocycles. The summed E-state index contributed by atoms with van der Waals surface area (Å²) in [5, 5.41) is 3.23. The monoisotopic (exact) mass is 245 g/mol. The minimum Gasteiger partial charge on any atom is -0.371 e. The van der Waals surface area contributed by atoms with Gasteiger partial charge in [0.05, 0.1) is 18.3 Å². The molecule has 1 saturated heterocycles. The Balaban J connectivity index is 2.08. The molecular formula is C12H14F3NO. The topological polar surface area (TPSA) is 21.3 Å². The maximum absolute atomic E-state index is 12.4. The third-order valence-corrected chi connectivity index (χ3v) is 2.81. The SMILES string of the molecule is C[C@H]1CO[C@H](c2ccc(C(F)(F)F)cc2)CN1. The maximum atomic E-state index is 12.4. The second-order valence-electron chi connectivity index (χ2n) is 4.25. The second-order valence-corrected chi connectivity index (χ2v) is 4.25. The van der Waals surface area contributed by atoms with E-state index in [2.05, 4.69) is 5.32 Å². The summed E-state index contributed by atoms with van der Waals surface area (Å²) in [5.41, 5.74) is 0.149. The van der Waals surface area contributed by atoms with Crippen molar-refractivity contribution in [1.29, 1.82) is 0 Å². The fourth-order valence-electron chi connectivity index (χ4n) is 1.79. The van der Waals surface area contributed by atoms with E-state index in [1.54, 1.807) is 0 Å². The van der Waals surface area contributed by atoms with Gasteiger partial charge < -0.3 is 10.1 Å². The molecule has 0 bridgehead atoms. The highest BCUT2D eigenvalue weighted by atomic mass is 19.4. The Hall–Kier alpha value is -1.07. The molecule has 1 heterocycles. The third-order valence-electron chi connectivity index (χ3n) is 2.81. The molecule has 0 unspecified atom stereocenters. The van der Waals surface area contributed by atoms with Crippen molar-refractivity contribution in [3.63, 3.8) is 0 Å². The van der Waals surface area contributed by atoms with Crippen molar-refractivity contribution >= 4 is 0 Å². The molecule has 0 aliphatic carbocycles. The zero-order valence-corrected chi connectivity index (χ0v) is 9.42. The first-order valence-electron chi connectivity index (χ1n) is 5.49. The van der Waals surface area contributed by atoms with Crippen molar-refractivity contribution in [2.75, 3.05) is 13.2 Å². The van der Waals surface area contributed by atoms with Crippen LogP contribution in [-0.4, -0.2) is 19.2 Å². The number of hydrogen-bond donors (Lipinski definition) is 1. The number of rotatable bonds is 1. The molecule has 94 valence electrons. The van der Waals surface area contributed by atoms with E-state index < -0.39 is 11.7 Å². The van der Waals surface area contributed by atoms with E-state index in [4.69, 9.17) is 4.74 Å². The number of nitrogens with one attached hydrogen (secondary N) is 1. The van der Waals surface area contributed by atoms with Gasteiger partial charge in [-0.1, -0.05) is 12.1 Å². The molecule has 2 atom stereocenters. The van der Waals surface area contributed by atoms with Gasteiger partial charge >= 0.3 is 6.18 Å². The summed E-state index contributed by atoms with van der Waals surface area (Å²) in [4.78, 5) is 0. The first-order valence-corrected chi connectivity index (χ1v) is 5.49. The number of hydrogen-bond acceptors (Lipinski definition) is 2. The van der Waals surface area contributed by atoms with Gasteiger partial charge in [-0.2, -0.15) is 13.2 Å². The molecule has 1 N–H and O–H groups in total. The number of alkyl halides is 3. The molecule has 1 aromatic carbocycles. The number of halogens is 3. The molecular weight excluding hydrogens is 231 g/mol. The van der Waals surface area contributed by atoms with Gasteiger partial charge in [-0.3, -0.25) is 0 Å². The molecule has 0 radical (unpaired) electrons. The summed E-state index contributed by atoms with van der Waals surface area (Å²) >= 11 is 0. The maximum Gasteiger partial charge on any atom is 0.416 e. The Morgan fingerprint density at radius 3 is 2.35 bits per heavy atom. The fourth-order valence-corrected chi connectivity index (χ4v) is 1.79. The van der Waals surface area contributed by atoms with Crippen LogP contribution in [0.4, 0.5) is 13.2 Å². The van der Waals surface area contributed by atoms with Crippen molar-refractivity contribution in [2.45, 2.75) is 25.2 Å². The molecule has 5 heteroatoms. The van der Waals surface area contributed by atoms with Crippen LogP contribution in [0.3, 0.4) is 0 Å². The van der Waals surface area contributed by atoms with Gasteiger partial charge in [0.25, 0.3) is 0 Å². The van der Waals surface area contributed by atoms with Crippen LogP contribution in [0.25, 0.3) is 0 Å². The molecule has 2 nitrogen and oxygen atoms in total. The highest BCUT2D eigenvalue weighted by Gasteiger charge is 2.30. The summed E-state index contributed by atoms with van der Waals surface area (Å²) in [7, 11) is 0. The standard InChI is InChI=1S/C12H14F3NO/c1-8-7-17-11(6-16-8)9-2-4-10(5-3-9)12(13,14)15/h2-5,8,11,16H,6-7H2,1H3/t8-,11-/m0/s1. The molecule has 17 heavy (non-hydrogen) atoms. The van der Waals surface area contributed by atoms with Crippen molar-refractivity contribution in [1.82, 2.24) is 5.32 Å². The zero-order chi connectivity index (χ0) is 12.5. The van der Waals surface area contributed by atoms with E-state index in [1.165, 1.54) is 12.1 Å². The second kappa shape index (κ2) is 4.66. The van der Waals surface area contributed by atoms with E-state index in [1.807, 2.05) is 6.92 Å². The number of benzene rings is 1. The first-order chi connectivity index (χ1) is 7.97. The van der Waals surface area contributed by atoms with Crippen LogP contribution in [0.5, 0.6) is 0 Å². The normalized spacial score (nSPS) is 25.9. The van der Waals surface area contributed by atoms with Crippen molar-refractivity contribution in [3.8, 4) is 0 Å². The average Bonchev–Trinajstić information content (AvgIpc) is 2.29. The molecule has 1 fully saturated rings. The number of ether oxygens (including phenoxy) is 1. The minimum atomic E-state index is -4.28. The van der Waals surface area contributed by atoms with Gasteiger partial charge in [0.15, 0.2) is 0 Å². The summed E-state index contributed by atoms with van der Waals surface area (Å²) in [5.74, 6) is 0. The van der Waals surface area contributed by atoms with Gasteiger partial charge in [-0.05, 0) is 24.6 Å². The van der Waals surface area contributed by atoms with E-state index >= 15 is 0 Å². The predicted octanol–water partition coefficient (Wildman–Crippen LogP) is 2.75. The molecule has 0 spiro atoms. The Bertz CT molecular complexity index is 366. The Morgan fingerprint density at radius 1 is 1.24 bits per heavy atom. The molecule has 1 aliphatic rings. The fraction of sp³-hybridized carbons (Fsp3) is 0.500. The van der Waals surface area contributed by atoms with E-state index in [0.29, 0.717) is 19.2 Å². The van der Waals surface area contributed by atoms with Crippen molar-refractivity contribution in [3.05, 3.63) is 35.4 Å². The van der Waals surface area contributed by atoms with E-state index in [9.17, 15) is 13.2 Å². The van der Waals surface area contributed by atoms with Gasteiger partial charge in [-0.15, -0.1) is 0 Å². The van der Waals surface area contributed by atoms with Crippen molar-refractivity contribution in [2.24, 2.45) is 0 Å². The van der Waals surface area contributed by atoms with Crippen LogP contribution in [0.1, 0.15) is 24.2 Å². The lowest BCUT2D eigenvalue weighted by molar-refractivity contribution is -0.137. The summed E-state index contributed by atoms with van der Waals surface area (Å²) in [6.07, 6.45) is -4.44. The lowest BCUT2D eigenvalue weighted by Gasteiger charge is -2.28. The summed E-state index contributed by atoms with van der Waals surface area (Å²) in [6, 6.07) is 5.43. The molecule has 1 aliphatic heterocycles. The predicted molar refractivity (Wildman–Crippen MR) is 57.6 cm³/mol. The smallest absolute Gasteiger partial charge is 0.371 e. The van der Waals surface area contributed by atoms with Crippen LogP contribution in [0.2, 0.25) is 0 Å². The molecule has 1 aromatic rings. The van der Waals surface area contributed by atoms with Crippen LogP contribution in [0.15, 0.2) is 24.3 Å². The molecule has 0 saturated carbocycles. The van der Waals surface area contributed by atoms with Crippen LogP contribution in [-0.2, 0) is 10.9 Å². The highest BCUT2D eigenvalue weighted by molar-refractivity contribution is 5.26. The third kappa shape index (κ3) is 2.98. The lowest BCUT2D eigenvalue weighted by Crippen LogP contribution is -2.40. The minimum absolute atomic E-state index is 0.159. The Kier molecular flexibility index (Phi) is 3.40. The van der Waals surface area contributed by atoms with Gasteiger partial charge in [0.1, 0.15) is 0 Å². The average molecular weight is 245 g/mol. The lowest BCUT2D eigenvalue weighted by atomic mass is 10.1. The van der Waals surface area contributed by atoms with Crippen LogP contribution >= 0.6 is 0 Å². The summed E-state index contributed by atoms with van der Waals surface area (Å²) < 4.78 is 42.7. The van der Waals surface area contributed by atoms with Crippen LogP contribution < -0.4 is 5.32 Å². The van der Waals surface area contributed by atoms with Gasteiger partial charge in [-0.25, -0.2) is 0 Å². The highest BCUT2D eigenvalue weighted by Crippen LogP contribution is 2.30. The quantitative estimate of drug-likeness (QED) is 0.821. The Morgan fingerprint density at radius 2 is 1.88 bits per heavy atom. The van der Waals surface area contributed by atoms with E-state index in [-0.39, 0.29) is 6.10 Å². The number of morpholine rings is 1. The van der Waals surface area contributed by atoms with Crippen LogP contribution in [0, 0.1) is 0 Å². The first kappa shape index (κ1) is 12.4. The van der Waals surface area contributed by atoms with Crippen molar-refractivity contribution < 1.29 is 17.9 Å².